The van der Waals surface area contributed by atoms with E-state index in [-0.39, 0.29) is 16.9 Å². The zero-order valence-corrected chi connectivity index (χ0v) is 15.2. The van der Waals surface area contributed by atoms with Gasteiger partial charge in [0.15, 0.2) is 0 Å². The van der Waals surface area contributed by atoms with Crippen LogP contribution in [-0.2, 0) is 9.59 Å². The van der Waals surface area contributed by atoms with E-state index in [9.17, 15) is 24.5 Å². The smallest absolute Gasteiger partial charge is 0.335 e. The van der Waals surface area contributed by atoms with Crippen LogP contribution < -0.4 is 15.0 Å². The number of nitro groups is 1. The number of hydrogen-bond acceptors (Lipinski definition) is 6. The van der Waals surface area contributed by atoms with Crippen molar-refractivity contribution in [3.63, 3.8) is 0 Å². The van der Waals surface area contributed by atoms with Crippen molar-refractivity contribution in [2.45, 2.75) is 0 Å². The van der Waals surface area contributed by atoms with Gasteiger partial charge in [0.25, 0.3) is 17.5 Å². The Hall–Kier alpha value is -4.27. The van der Waals surface area contributed by atoms with Gasteiger partial charge in [0, 0.05) is 6.07 Å². The number of anilines is 1. The number of rotatable bonds is 5. The van der Waals surface area contributed by atoms with Crippen LogP contribution in [0.25, 0.3) is 6.08 Å². The summed E-state index contributed by atoms with van der Waals surface area (Å²) in [4.78, 5) is 48.3. The minimum absolute atomic E-state index is 0.114. The molecule has 0 radical (unpaired) electrons. The van der Waals surface area contributed by atoms with Gasteiger partial charge in [-0.05, 0) is 42.5 Å². The number of allylic oxidation sites excluding steroid dienone is 2. The van der Waals surface area contributed by atoms with Crippen molar-refractivity contribution >= 4 is 35.3 Å². The summed E-state index contributed by atoms with van der Waals surface area (Å²) < 4.78 is 5.04. The van der Waals surface area contributed by atoms with Crippen molar-refractivity contribution in [3.05, 3.63) is 81.9 Å². The third-order valence-electron chi connectivity index (χ3n) is 4.10. The molecule has 2 aromatic carbocycles. The number of nitro benzene ring substituents is 1. The van der Waals surface area contributed by atoms with Crippen LogP contribution in [0.1, 0.15) is 5.56 Å². The summed E-state index contributed by atoms with van der Waals surface area (Å²) >= 11 is 0. The Balaban J connectivity index is 1.90. The van der Waals surface area contributed by atoms with E-state index < -0.39 is 22.8 Å². The zero-order chi connectivity index (χ0) is 21.0. The second-order valence-corrected chi connectivity index (χ2v) is 5.85. The van der Waals surface area contributed by atoms with E-state index in [2.05, 4.69) is 5.32 Å². The minimum atomic E-state index is -0.870. The second-order valence-electron chi connectivity index (χ2n) is 5.85. The van der Waals surface area contributed by atoms with Gasteiger partial charge in [-0.1, -0.05) is 18.2 Å². The predicted octanol–water partition coefficient (Wildman–Crippen LogP) is 2.83. The molecule has 29 heavy (non-hydrogen) atoms. The normalized spacial score (nSPS) is 15.7. The number of benzene rings is 2. The third kappa shape index (κ3) is 4.03. The van der Waals surface area contributed by atoms with Gasteiger partial charge in [-0.15, -0.1) is 0 Å². The third-order valence-corrected chi connectivity index (χ3v) is 4.10. The van der Waals surface area contributed by atoms with E-state index in [1.807, 2.05) is 0 Å². The molecule has 0 unspecified atom stereocenters. The molecule has 0 saturated carbocycles. The monoisotopic (exact) mass is 393 g/mol. The molecule has 0 bridgehead atoms. The average Bonchev–Trinajstić information content (AvgIpc) is 2.71. The maximum Gasteiger partial charge on any atom is 0.335 e. The number of carbonyl (C=O) groups is 3. The van der Waals surface area contributed by atoms with Crippen LogP contribution in [0.5, 0.6) is 5.75 Å². The standard InChI is InChI=1S/C20H15N3O6/c1-29-15-11-9-14(10-12-15)22-19(25)16(18(24)21-20(22)26)7-4-6-13-5-2-3-8-17(13)23(27)28/h2-12H,1H3,(H,21,24,26)/b6-4+,16-7+. The fourth-order valence-electron chi connectivity index (χ4n) is 2.69. The Morgan fingerprint density at radius 1 is 1.07 bits per heavy atom. The van der Waals surface area contributed by atoms with Crippen molar-refractivity contribution in [2.75, 3.05) is 12.0 Å². The van der Waals surface area contributed by atoms with Gasteiger partial charge >= 0.3 is 6.03 Å². The van der Waals surface area contributed by atoms with Gasteiger partial charge in [-0.3, -0.25) is 25.0 Å². The van der Waals surface area contributed by atoms with Crippen molar-refractivity contribution in [1.29, 1.82) is 0 Å². The average molecular weight is 393 g/mol. The molecule has 1 saturated heterocycles. The number of urea groups is 1. The van der Waals surface area contributed by atoms with Crippen LogP contribution in [0.3, 0.4) is 0 Å². The number of hydrogen-bond donors (Lipinski definition) is 1. The number of methoxy groups -OCH3 is 1. The highest BCUT2D eigenvalue weighted by Gasteiger charge is 2.36. The van der Waals surface area contributed by atoms with Gasteiger partial charge in [0.05, 0.1) is 23.3 Å². The summed E-state index contributed by atoms with van der Waals surface area (Å²) in [6, 6.07) is 11.3. The Bertz CT molecular complexity index is 1060. The first-order valence-corrected chi connectivity index (χ1v) is 8.38. The lowest BCUT2D eigenvalue weighted by Gasteiger charge is -2.26. The highest BCUT2D eigenvalue weighted by molar-refractivity contribution is 6.37. The Morgan fingerprint density at radius 3 is 2.41 bits per heavy atom. The zero-order valence-electron chi connectivity index (χ0n) is 15.2. The SMILES string of the molecule is COc1ccc(N2C(=O)NC(=O)/C(=C\C=C\c3ccccc3[N+](=O)[O-])C2=O)cc1. The van der Waals surface area contributed by atoms with E-state index in [1.165, 1.54) is 55.7 Å². The maximum atomic E-state index is 12.7. The second kappa shape index (κ2) is 8.17. The predicted molar refractivity (Wildman–Crippen MR) is 104 cm³/mol. The van der Waals surface area contributed by atoms with E-state index in [1.54, 1.807) is 18.2 Å². The lowest BCUT2D eigenvalue weighted by atomic mass is 10.1. The first-order valence-electron chi connectivity index (χ1n) is 8.38. The van der Waals surface area contributed by atoms with Crippen LogP contribution in [0.2, 0.25) is 0 Å². The van der Waals surface area contributed by atoms with Crippen LogP contribution in [0, 0.1) is 10.1 Å². The molecule has 3 rings (SSSR count). The molecule has 1 heterocycles. The molecule has 1 aliphatic heterocycles. The number of carbonyl (C=O) groups excluding carboxylic acids is 3. The number of imide groups is 2. The molecular weight excluding hydrogens is 378 g/mol. The Kier molecular flexibility index (Phi) is 5.49. The quantitative estimate of drug-likeness (QED) is 0.361. The van der Waals surface area contributed by atoms with E-state index in [0.29, 0.717) is 11.3 Å². The molecule has 9 nitrogen and oxygen atoms in total. The number of para-hydroxylation sites is 1. The van der Waals surface area contributed by atoms with E-state index >= 15 is 0 Å². The number of nitrogens with zero attached hydrogens (tertiary/aromatic N) is 2. The van der Waals surface area contributed by atoms with Gasteiger partial charge in [0.2, 0.25) is 0 Å². The van der Waals surface area contributed by atoms with Gasteiger partial charge in [-0.25, -0.2) is 9.69 Å². The lowest BCUT2D eigenvalue weighted by molar-refractivity contribution is -0.385. The fraction of sp³-hybridized carbons (Fsp3) is 0.0500. The van der Waals surface area contributed by atoms with Crippen LogP contribution in [0.15, 0.2) is 66.3 Å². The summed E-state index contributed by atoms with van der Waals surface area (Å²) in [5.74, 6) is -1.12. The minimum Gasteiger partial charge on any atom is -0.497 e. The van der Waals surface area contributed by atoms with Crippen molar-refractivity contribution in [1.82, 2.24) is 5.32 Å². The summed E-state index contributed by atoms with van der Waals surface area (Å²) in [6.45, 7) is 0. The van der Waals surface area contributed by atoms with E-state index in [4.69, 9.17) is 4.74 Å². The molecule has 2 aromatic rings. The van der Waals surface area contributed by atoms with Crippen LogP contribution >= 0.6 is 0 Å². The van der Waals surface area contributed by atoms with Crippen LogP contribution in [-0.4, -0.2) is 29.9 Å². The molecule has 1 N–H and O–H groups in total. The number of barbiturate groups is 1. The molecule has 1 aliphatic rings. The van der Waals surface area contributed by atoms with Gasteiger partial charge < -0.3 is 4.74 Å². The number of amides is 4. The molecule has 146 valence electrons. The molecule has 4 amide bonds. The summed E-state index contributed by atoms with van der Waals surface area (Å²) in [6.07, 6.45) is 3.95. The largest absolute Gasteiger partial charge is 0.497 e. The van der Waals surface area contributed by atoms with Crippen molar-refractivity contribution in [2.24, 2.45) is 0 Å². The van der Waals surface area contributed by atoms with Crippen LogP contribution in [0.4, 0.5) is 16.2 Å². The van der Waals surface area contributed by atoms with Gasteiger partial charge in [0.1, 0.15) is 11.3 Å². The highest BCUT2D eigenvalue weighted by atomic mass is 16.6. The highest BCUT2D eigenvalue weighted by Crippen LogP contribution is 2.24. The lowest BCUT2D eigenvalue weighted by Crippen LogP contribution is -2.54. The molecule has 9 heteroatoms. The Morgan fingerprint density at radius 2 is 1.76 bits per heavy atom. The number of ether oxygens (including phenoxy) is 1. The maximum absolute atomic E-state index is 12.7. The first kappa shape index (κ1) is 19.5. The summed E-state index contributed by atoms with van der Waals surface area (Å²) in [7, 11) is 1.48. The summed E-state index contributed by atoms with van der Waals surface area (Å²) in [5.41, 5.74) is 0.169. The van der Waals surface area contributed by atoms with Crippen molar-refractivity contribution in [3.8, 4) is 5.75 Å². The molecule has 1 fully saturated rings. The topological polar surface area (TPSA) is 119 Å². The molecule has 0 aromatic heterocycles. The fourth-order valence-corrected chi connectivity index (χ4v) is 2.69. The van der Waals surface area contributed by atoms with Gasteiger partial charge in [-0.2, -0.15) is 0 Å². The summed E-state index contributed by atoms with van der Waals surface area (Å²) in [5, 5.41) is 13.2. The van der Waals surface area contributed by atoms with E-state index in [0.717, 1.165) is 4.90 Å². The molecule has 0 spiro atoms. The molecule has 0 aliphatic carbocycles. The van der Waals surface area contributed by atoms with Crippen molar-refractivity contribution < 1.29 is 24.0 Å². The first-order chi connectivity index (χ1) is 13.9. The molecular formula is C20H15N3O6. The Labute approximate surface area is 165 Å². The number of nitrogens with one attached hydrogen (secondary N) is 1. The molecule has 0 atom stereocenters.